The molecule has 10 N–H and O–H groups in total. The van der Waals surface area contributed by atoms with Crippen LogP contribution < -0.4 is 12.3 Å². The van der Waals surface area contributed by atoms with E-state index in [2.05, 4.69) is 0 Å². The summed E-state index contributed by atoms with van der Waals surface area (Å²) in [6.45, 7) is -0.250. The molecule has 0 unspecified atom stereocenters. The second-order valence-corrected chi connectivity index (χ2v) is 3.87. The van der Waals surface area contributed by atoms with Crippen LogP contribution in [0.4, 0.5) is 5.69 Å². The summed E-state index contributed by atoms with van der Waals surface area (Å²) >= 11 is 0. The third-order valence-corrected chi connectivity index (χ3v) is 2.09. The molecule has 0 aliphatic carbocycles. The van der Waals surface area contributed by atoms with Gasteiger partial charge in [-0.3, -0.25) is 24.5 Å². The Balaban J connectivity index is -0.000000143. The number of rotatable bonds is 6. The minimum absolute atomic E-state index is 0. The van der Waals surface area contributed by atoms with Crippen molar-refractivity contribution in [3.63, 3.8) is 0 Å². The molecular weight excluding hydrogens is 342 g/mol. The Bertz CT molecular complexity index is 490. The Morgan fingerprint density at radius 2 is 1.32 bits per heavy atom. The number of aliphatic carboxylic acids is 2. The summed E-state index contributed by atoms with van der Waals surface area (Å²) in [4.78, 5) is 37.7. The Morgan fingerprint density at radius 3 is 1.56 bits per heavy atom. The molecular formula is C13H23N3O9. The van der Waals surface area contributed by atoms with E-state index in [1.165, 1.54) is 24.3 Å². The fourth-order valence-electron chi connectivity index (χ4n) is 1.13. The summed E-state index contributed by atoms with van der Waals surface area (Å²) in [5.74, 6) is -1.71. The van der Waals surface area contributed by atoms with E-state index in [1.54, 1.807) is 0 Å². The van der Waals surface area contributed by atoms with Crippen LogP contribution >= 0.6 is 0 Å². The number of phenols is 1. The van der Waals surface area contributed by atoms with Gasteiger partial charge in [0.1, 0.15) is 5.75 Å². The Labute approximate surface area is 143 Å². The van der Waals surface area contributed by atoms with E-state index < -0.39 is 16.9 Å². The molecule has 0 heterocycles. The zero-order chi connectivity index (χ0) is 18.3. The molecule has 0 saturated carbocycles. The van der Waals surface area contributed by atoms with Crippen LogP contribution in [0.15, 0.2) is 24.3 Å². The van der Waals surface area contributed by atoms with E-state index in [4.69, 9.17) is 25.2 Å². The van der Waals surface area contributed by atoms with Gasteiger partial charge in [-0.2, -0.15) is 0 Å². The van der Waals surface area contributed by atoms with Crippen molar-refractivity contribution in [3.05, 3.63) is 34.4 Å². The minimum atomic E-state index is -0.870. The van der Waals surface area contributed by atoms with Crippen LogP contribution in [-0.2, 0) is 14.4 Å². The number of carboxylic acids is 2. The lowest BCUT2D eigenvalue weighted by Crippen LogP contribution is -1.97. The van der Waals surface area contributed by atoms with Gasteiger partial charge in [0.15, 0.2) is 0 Å². The van der Waals surface area contributed by atoms with E-state index in [-0.39, 0.29) is 43.1 Å². The fourth-order valence-corrected chi connectivity index (χ4v) is 1.13. The van der Waals surface area contributed by atoms with Gasteiger partial charge in [-0.1, -0.05) is 0 Å². The van der Waals surface area contributed by atoms with Crippen LogP contribution in [0.3, 0.4) is 0 Å². The maximum absolute atomic E-state index is 10.0. The summed E-state index contributed by atoms with van der Waals surface area (Å²) < 4.78 is 0. The number of aromatic hydroxyl groups is 1. The second-order valence-electron chi connectivity index (χ2n) is 3.87. The monoisotopic (exact) mass is 365 g/mol. The smallest absolute Gasteiger partial charge is 0.303 e. The van der Waals surface area contributed by atoms with Crippen LogP contribution in [0.5, 0.6) is 5.75 Å². The molecule has 0 aliphatic rings. The number of nitrogens with zero attached hydrogens (tertiary/aromatic N) is 1. The third kappa shape index (κ3) is 23.2. The summed E-state index contributed by atoms with van der Waals surface area (Å²) in [7, 11) is 0. The molecule has 0 aromatic heterocycles. The molecule has 12 nitrogen and oxygen atoms in total. The molecule has 0 amide bonds. The van der Waals surface area contributed by atoms with Crippen molar-refractivity contribution < 1.29 is 39.7 Å². The van der Waals surface area contributed by atoms with Crippen molar-refractivity contribution in [1.29, 1.82) is 0 Å². The number of carboxylic acid groups (broad SMARTS) is 3. The van der Waals surface area contributed by atoms with Gasteiger partial charge in [0.05, 0.1) is 4.92 Å². The molecule has 0 bridgehead atoms. The van der Waals surface area contributed by atoms with Crippen LogP contribution in [0, 0.1) is 10.1 Å². The van der Waals surface area contributed by atoms with Gasteiger partial charge < -0.3 is 32.7 Å². The first kappa shape index (κ1) is 29.7. The number of non-ortho nitro benzene ring substituents is 1. The average molecular weight is 365 g/mol. The van der Waals surface area contributed by atoms with Crippen molar-refractivity contribution >= 4 is 24.1 Å². The summed E-state index contributed by atoms with van der Waals surface area (Å²) in [6.07, 6.45) is 1.02. The number of nitro benzene ring substituents is 1. The van der Waals surface area contributed by atoms with Crippen LogP contribution in [0.2, 0.25) is 0 Å². The van der Waals surface area contributed by atoms with Crippen molar-refractivity contribution in [2.24, 2.45) is 0 Å². The molecule has 1 rings (SSSR count). The van der Waals surface area contributed by atoms with Crippen LogP contribution in [0.1, 0.15) is 25.7 Å². The number of nitro groups is 1. The summed E-state index contributed by atoms with van der Waals surface area (Å²) in [5.41, 5.74) is -0.0159. The normalized spacial score (nSPS) is 7.84. The van der Waals surface area contributed by atoms with Crippen LogP contribution in [-0.4, -0.2) is 43.8 Å². The molecule has 0 spiro atoms. The number of benzene rings is 1. The quantitative estimate of drug-likeness (QED) is 0.184. The van der Waals surface area contributed by atoms with Crippen molar-refractivity contribution in [2.45, 2.75) is 25.7 Å². The molecule has 0 saturated heterocycles. The Kier molecular flexibility index (Phi) is 22.3. The molecule has 144 valence electrons. The second kappa shape index (κ2) is 18.8. The van der Waals surface area contributed by atoms with Gasteiger partial charge in [-0.25, -0.2) is 0 Å². The SMILES string of the molecule is N.N.O=C(O)CCCCC(=O)O.O=CO.O=[N+]([O-])c1ccc(O)cc1. The lowest BCUT2D eigenvalue weighted by Gasteiger charge is -1.92. The topological polar surface area (TPSA) is 245 Å². The van der Waals surface area contributed by atoms with E-state index in [0.29, 0.717) is 12.8 Å². The van der Waals surface area contributed by atoms with Crippen molar-refractivity contribution in [3.8, 4) is 5.75 Å². The number of carbonyl (C=O) groups is 3. The third-order valence-electron chi connectivity index (χ3n) is 2.09. The van der Waals surface area contributed by atoms with Gasteiger partial charge in [0.2, 0.25) is 0 Å². The first-order chi connectivity index (χ1) is 10.7. The molecule has 12 heteroatoms. The van der Waals surface area contributed by atoms with Gasteiger partial charge in [-0.05, 0) is 25.0 Å². The largest absolute Gasteiger partial charge is 0.508 e. The lowest BCUT2D eigenvalue weighted by molar-refractivity contribution is -0.384. The standard InChI is InChI=1S/C6H5NO3.C6H10O4.CH2O2.2H3N/c8-6-3-1-5(2-4-6)7(9)10;7-5(8)3-1-2-4-6(9)10;2-1-3;;/h1-4,8H;1-4H2,(H,7,8)(H,9,10);1H,(H,2,3);2*1H3. The summed E-state index contributed by atoms with van der Waals surface area (Å²) in [5, 5.41) is 41.9. The maximum atomic E-state index is 10.0. The molecule has 1 aromatic carbocycles. The van der Waals surface area contributed by atoms with E-state index >= 15 is 0 Å². The van der Waals surface area contributed by atoms with Gasteiger partial charge in [0.25, 0.3) is 12.2 Å². The molecule has 25 heavy (non-hydrogen) atoms. The van der Waals surface area contributed by atoms with Crippen LogP contribution in [0.25, 0.3) is 0 Å². The molecule has 0 aliphatic heterocycles. The molecule has 0 radical (unpaired) electrons. The van der Waals surface area contributed by atoms with Gasteiger partial charge in [-0.15, -0.1) is 0 Å². The maximum Gasteiger partial charge on any atom is 0.303 e. The predicted octanol–water partition coefficient (Wildman–Crippen LogP) is 2.04. The van der Waals surface area contributed by atoms with E-state index in [1.807, 2.05) is 0 Å². The Hall–Kier alpha value is -3.25. The minimum Gasteiger partial charge on any atom is -0.508 e. The fraction of sp³-hybridized carbons (Fsp3) is 0.308. The summed E-state index contributed by atoms with van der Waals surface area (Å²) in [6, 6.07) is 5.04. The highest BCUT2D eigenvalue weighted by Crippen LogP contribution is 2.14. The molecule has 1 aromatic rings. The number of hydrogen-bond donors (Lipinski definition) is 6. The number of hydrogen-bond acceptors (Lipinski definition) is 8. The molecule has 0 fully saturated rings. The zero-order valence-corrected chi connectivity index (χ0v) is 13.4. The van der Waals surface area contributed by atoms with Gasteiger partial charge in [0, 0.05) is 25.0 Å². The molecule has 0 atom stereocenters. The Morgan fingerprint density at radius 1 is 1.00 bits per heavy atom. The first-order valence-corrected chi connectivity index (χ1v) is 6.19. The van der Waals surface area contributed by atoms with Crippen molar-refractivity contribution in [2.75, 3.05) is 0 Å². The highest BCUT2D eigenvalue weighted by Gasteiger charge is 2.01. The van der Waals surface area contributed by atoms with E-state index in [9.17, 15) is 19.7 Å². The highest BCUT2D eigenvalue weighted by molar-refractivity contribution is 5.67. The number of phenolic OH excluding ortho intramolecular Hbond substituents is 1. The number of unbranched alkanes of at least 4 members (excludes halogenated alkanes) is 1. The van der Waals surface area contributed by atoms with E-state index in [0.717, 1.165) is 0 Å². The zero-order valence-electron chi connectivity index (χ0n) is 13.4. The average Bonchev–Trinajstić information content (AvgIpc) is 2.45. The lowest BCUT2D eigenvalue weighted by atomic mass is 10.2. The van der Waals surface area contributed by atoms with Crippen molar-refractivity contribution in [1.82, 2.24) is 12.3 Å². The first-order valence-electron chi connectivity index (χ1n) is 6.19. The predicted molar refractivity (Wildman–Crippen MR) is 87.2 cm³/mol. The highest BCUT2D eigenvalue weighted by atomic mass is 16.6. The van der Waals surface area contributed by atoms with Gasteiger partial charge >= 0.3 is 11.9 Å².